The van der Waals surface area contributed by atoms with Crippen molar-refractivity contribution in [2.24, 2.45) is 0 Å². The first-order valence-electron chi connectivity index (χ1n) is 17.9. The van der Waals surface area contributed by atoms with Crippen LogP contribution < -0.4 is 19.7 Å². The molecule has 0 aliphatic carbocycles. The van der Waals surface area contributed by atoms with Gasteiger partial charge in [-0.15, -0.1) is 6.42 Å². The van der Waals surface area contributed by atoms with E-state index in [2.05, 4.69) is 37.5 Å². The van der Waals surface area contributed by atoms with Crippen molar-refractivity contribution in [1.29, 1.82) is 0 Å². The molecule has 12 heteroatoms. The second-order valence-corrected chi connectivity index (χ2v) is 14.2. The fraction of sp³-hybridized carbons (Fsp3) is 0.487. The number of nitrogens with one attached hydrogen (secondary N) is 1. The number of nitrogens with zero attached hydrogens (tertiary/aromatic N) is 6. The fourth-order valence-corrected chi connectivity index (χ4v) is 8.12. The molecule has 4 aliphatic rings. The maximum atomic E-state index is 15.0. The van der Waals surface area contributed by atoms with Gasteiger partial charge in [0.05, 0.1) is 29.1 Å². The molecule has 0 bridgehead atoms. The molecule has 3 aromatic rings. The topological polar surface area (TPSA) is 96.0 Å². The Morgan fingerprint density at radius 2 is 2.10 bits per heavy atom. The molecule has 6 heterocycles. The number of terminal acetylenes is 1. The average molecular weight is 698 g/mol. The van der Waals surface area contributed by atoms with Gasteiger partial charge in [0.15, 0.2) is 0 Å². The maximum absolute atomic E-state index is 15.0. The summed E-state index contributed by atoms with van der Waals surface area (Å²) in [4.78, 5) is 33.4. The van der Waals surface area contributed by atoms with Gasteiger partial charge in [-0.1, -0.05) is 18.6 Å². The summed E-state index contributed by atoms with van der Waals surface area (Å²) in [6.07, 6.45) is 12.3. The van der Waals surface area contributed by atoms with E-state index >= 15 is 0 Å². The van der Waals surface area contributed by atoms with Crippen molar-refractivity contribution in [3.63, 3.8) is 0 Å². The number of fused-ring (bicyclic) bond motifs is 2. The number of amides is 1. The summed E-state index contributed by atoms with van der Waals surface area (Å²) in [5, 5.41) is 3.09. The van der Waals surface area contributed by atoms with Gasteiger partial charge in [-0.25, -0.2) is 8.78 Å². The summed E-state index contributed by atoms with van der Waals surface area (Å²) in [6, 6.07) is 8.78. The number of aromatic nitrogens is 3. The van der Waals surface area contributed by atoms with E-state index in [-0.39, 0.29) is 36.2 Å². The molecule has 2 aromatic heterocycles. The highest BCUT2D eigenvalue weighted by atomic mass is 19.1. The first-order chi connectivity index (χ1) is 24.7. The van der Waals surface area contributed by atoms with Crippen molar-refractivity contribution in [2.75, 3.05) is 44.3 Å². The van der Waals surface area contributed by atoms with Gasteiger partial charge in [0.25, 0.3) is 0 Å². The van der Waals surface area contributed by atoms with Crippen molar-refractivity contribution >= 4 is 11.7 Å². The van der Waals surface area contributed by atoms with E-state index in [1.165, 1.54) is 12.1 Å². The zero-order valence-electron chi connectivity index (χ0n) is 29.1. The second-order valence-electron chi connectivity index (χ2n) is 14.2. The predicted octanol–water partition coefficient (Wildman–Crippen LogP) is 4.92. The van der Waals surface area contributed by atoms with Gasteiger partial charge in [-0.3, -0.25) is 19.6 Å². The smallest absolute Gasteiger partial charge is 0.318 e. The van der Waals surface area contributed by atoms with E-state index in [1.54, 1.807) is 12.3 Å². The van der Waals surface area contributed by atoms with Crippen molar-refractivity contribution in [3.05, 3.63) is 83.1 Å². The van der Waals surface area contributed by atoms with Crippen molar-refractivity contribution < 1.29 is 23.0 Å². The quantitative estimate of drug-likeness (QED) is 0.247. The van der Waals surface area contributed by atoms with Crippen LogP contribution in [0.25, 0.3) is 0 Å². The standard InChI is InChI=1S/C39H45F2N7O3/c1-4-29-31(41)12-13-34-36(29)33(15-19-50-34)46-18-14-30-32(24-46)44-38(45-37(30)47-17-9-7-11-28(22-47)43-35(49)5-2)51-25-39(3)20-26(40)21-48(39)23-27-10-6-8-16-42-27/h1,5-6,8,10,12-13,16,26,28,33H,2,7,9,11,14-15,17-25H2,3H3,(H,43,49)/t26-,28?,33-,39+/m1/s1. The van der Waals surface area contributed by atoms with Crippen LogP contribution in [0.4, 0.5) is 14.6 Å². The summed E-state index contributed by atoms with van der Waals surface area (Å²) >= 11 is 0. The van der Waals surface area contributed by atoms with E-state index in [4.69, 9.17) is 25.9 Å². The summed E-state index contributed by atoms with van der Waals surface area (Å²) in [6.45, 7) is 9.65. The Morgan fingerprint density at radius 1 is 1.22 bits per heavy atom. The number of ether oxygens (including phenoxy) is 2. The van der Waals surface area contributed by atoms with Crippen LogP contribution in [-0.4, -0.2) is 87.8 Å². The molecule has 0 radical (unpaired) electrons. The lowest BCUT2D eigenvalue weighted by Crippen LogP contribution is -2.46. The first kappa shape index (κ1) is 34.8. The van der Waals surface area contributed by atoms with E-state index in [0.29, 0.717) is 69.9 Å². The van der Waals surface area contributed by atoms with E-state index in [9.17, 15) is 13.6 Å². The highest BCUT2D eigenvalue weighted by Gasteiger charge is 2.43. The number of carbonyl (C=O) groups excluding carboxylic acids is 1. The van der Waals surface area contributed by atoms with Gasteiger partial charge in [-0.05, 0) is 62.9 Å². The SMILES string of the molecule is C#Cc1c(F)ccc2c1[C@H](N1CCc3c(nc(OC[C@]4(C)C[C@@H](F)CN4Cc4ccccn4)nc3N3CCCCC(NC(=O)C=C)C3)C1)CCO2. The third-order valence-electron chi connectivity index (χ3n) is 10.7. The van der Waals surface area contributed by atoms with Crippen LogP contribution in [0.5, 0.6) is 11.8 Å². The Kier molecular flexibility index (Phi) is 10.2. The molecular formula is C39H45F2N7O3. The Balaban J connectivity index is 1.20. The van der Waals surface area contributed by atoms with E-state index in [1.807, 2.05) is 25.1 Å². The number of hydrogen-bond acceptors (Lipinski definition) is 9. The van der Waals surface area contributed by atoms with Gasteiger partial charge in [-0.2, -0.15) is 9.97 Å². The van der Waals surface area contributed by atoms with Crippen LogP contribution in [0.2, 0.25) is 0 Å². The number of alkyl halides is 1. The molecule has 1 N–H and O–H groups in total. The van der Waals surface area contributed by atoms with Gasteiger partial charge < -0.3 is 19.7 Å². The van der Waals surface area contributed by atoms with Crippen LogP contribution in [0.3, 0.4) is 0 Å². The van der Waals surface area contributed by atoms with E-state index < -0.39 is 17.5 Å². The third kappa shape index (κ3) is 7.41. The lowest BCUT2D eigenvalue weighted by molar-refractivity contribution is -0.117. The van der Waals surface area contributed by atoms with Crippen LogP contribution in [0, 0.1) is 18.2 Å². The predicted molar refractivity (Wildman–Crippen MR) is 190 cm³/mol. The number of likely N-dealkylation sites (tertiary alicyclic amines) is 1. The van der Waals surface area contributed by atoms with Crippen LogP contribution in [-0.2, 0) is 24.3 Å². The van der Waals surface area contributed by atoms with Crippen molar-refractivity contribution in [3.8, 4) is 24.1 Å². The fourth-order valence-electron chi connectivity index (χ4n) is 8.12. The van der Waals surface area contributed by atoms with Crippen LogP contribution in [0.15, 0.2) is 49.2 Å². The number of halogens is 2. The summed E-state index contributed by atoms with van der Waals surface area (Å²) in [5.74, 6) is 3.34. The molecule has 51 heavy (non-hydrogen) atoms. The van der Waals surface area contributed by atoms with Gasteiger partial charge in [0.2, 0.25) is 5.91 Å². The molecule has 268 valence electrons. The largest absolute Gasteiger partial charge is 0.493 e. The minimum atomic E-state index is -0.990. The average Bonchev–Trinajstić information content (AvgIpc) is 3.26. The number of hydrogen-bond donors (Lipinski definition) is 1. The van der Waals surface area contributed by atoms with Crippen molar-refractivity contribution in [1.82, 2.24) is 30.1 Å². The summed E-state index contributed by atoms with van der Waals surface area (Å²) in [5.41, 5.74) is 3.06. The minimum Gasteiger partial charge on any atom is -0.493 e. The summed E-state index contributed by atoms with van der Waals surface area (Å²) in [7, 11) is 0. The molecule has 0 saturated carbocycles. The first-order valence-corrected chi connectivity index (χ1v) is 17.9. The lowest BCUT2D eigenvalue weighted by Gasteiger charge is -2.40. The number of pyridine rings is 1. The normalized spacial score (nSPS) is 25.1. The van der Waals surface area contributed by atoms with Gasteiger partial charge >= 0.3 is 6.01 Å². The molecule has 1 amide bonds. The van der Waals surface area contributed by atoms with Gasteiger partial charge in [0, 0.05) is 81.5 Å². The van der Waals surface area contributed by atoms with Crippen LogP contribution in [0.1, 0.15) is 73.1 Å². The number of rotatable bonds is 9. The third-order valence-corrected chi connectivity index (χ3v) is 10.7. The van der Waals surface area contributed by atoms with E-state index in [0.717, 1.165) is 48.6 Å². The molecule has 1 aromatic carbocycles. The number of carbonyl (C=O) groups is 1. The molecule has 2 fully saturated rings. The number of anilines is 1. The van der Waals surface area contributed by atoms with Gasteiger partial charge in [0.1, 0.15) is 30.2 Å². The minimum absolute atomic E-state index is 0.0667. The number of benzene rings is 1. The summed E-state index contributed by atoms with van der Waals surface area (Å²) < 4.78 is 42.3. The zero-order chi connectivity index (χ0) is 35.5. The molecule has 0 spiro atoms. The molecule has 4 atom stereocenters. The monoisotopic (exact) mass is 697 g/mol. The molecule has 7 rings (SSSR count). The Labute approximate surface area is 298 Å². The Morgan fingerprint density at radius 3 is 2.90 bits per heavy atom. The zero-order valence-corrected chi connectivity index (χ0v) is 29.1. The highest BCUT2D eigenvalue weighted by Crippen LogP contribution is 2.42. The Hall–Kier alpha value is -4.60. The maximum Gasteiger partial charge on any atom is 0.318 e. The van der Waals surface area contributed by atoms with Crippen molar-refractivity contribution in [2.45, 2.75) is 82.3 Å². The molecule has 10 nitrogen and oxygen atoms in total. The molecule has 2 saturated heterocycles. The molecular weight excluding hydrogens is 652 g/mol. The second kappa shape index (κ2) is 14.9. The highest BCUT2D eigenvalue weighted by molar-refractivity contribution is 5.87. The lowest BCUT2D eigenvalue weighted by atomic mass is 9.91. The molecule has 4 aliphatic heterocycles. The molecule has 1 unspecified atom stereocenters. The Bertz CT molecular complexity index is 1800. The van der Waals surface area contributed by atoms with Crippen LogP contribution >= 0.6 is 0 Å².